The predicted octanol–water partition coefficient (Wildman–Crippen LogP) is 1.41. The molecular formula is C9H16O3. The lowest BCUT2D eigenvalue weighted by atomic mass is 9.93. The van der Waals surface area contributed by atoms with Gasteiger partial charge in [-0.15, -0.1) is 0 Å². The van der Waals surface area contributed by atoms with E-state index in [-0.39, 0.29) is 30.2 Å². The third-order valence-corrected chi connectivity index (χ3v) is 1.79. The highest BCUT2D eigenvalue weighted by molar-refractivity contribution is 5.79. The Morgan fingerprint density at radius 1 is 1.25 bits per heavy atom. The molecule has 12 heavy (non-hydrogen) atoms. The van der Waals surface area contributed by atoms with Gasteiger partial charge in [0.1, 0.15) is 12.4 Å². The van der Waals surface area contributed by atoms with Gasteiger partial charge < -0.3 is 4.74 Å². The maximum Gasteiger partial charge on any atom is 0.302 e. The number of rotatable bonds is 4. The summed E-state index contributed by atoms with van der Waals surface area (Å²) in [6, 6.07) is 0. The van der Waals surface area contributed by atoms with Crippen LogP contribution < -0.4 is 0 Å². The average Bonchev–Trinajstić information content (AvgIpc) is 1.84. The lowest BCUT2D eigenvalue weighted by molar-refractivity contribution is -0.144. The molecule has 0 N–H and O–H groups in total. The zero-order valence-electron chi connectivity index (χ0n) is 8.09. The number of carbonyl (C=O) groups is 2. The van der Waals surface area contributed by atoms with Crippen LogP contribution in [-0.4, -0.2) is 18.4 Å². The lowest BCUT2D eigenvalue weighted by Gasteiger charge is -2.16. The van der Waals surface area contributed by atoms with E-state index in [1.165, 1.54) is 13.8 Å². The zero-order chi connectivity index (χ0) is 9.72. The summed E-state index contributed by atoms with van der Waals surface area (Å²) in [4.78, 5) is 21.5. The van der Waals surface area contributed by atoms with Crippen LogP contribution >= 0.6 is 0 Å². The monoisotopic (exact) mass is 172 g/mol. The second-order valence-corrected chi connectivity index (χ2v) is 3.26. The molecule has 0 saturated heterocycles. The van der Waals surface area contributed by atoms with Crippen LogP contribution in [0.3, 0.4) is 0 Å². The molecule has 0 rings (SSSR count). The first-order chi connectivity index (χ1) is 5.45. The highest BCUT2D eigenvalue weighted by Crippen LogP contribution is 2.12. The molecule has 0 bridgehead atoms. The molecule has 3 heteroatoms. The maximum absolute atomic E-state index is 11.0. The van der Waals surface area contributed by atoms with E-state index in [0.29, 0.717) is 0 Å². The molecule has 70 valence electrons. The first kappa shape index (κ1) is 11.1. The van der Waals surface area contributed by atoms with Gasteiger partial charge in [0.25, 0.3) is 0 Å². The summed E-state index contributed by atoms with van der Waals surface area (Å²) >= 11 is 0. The first-order valence-corrected chi connectivity index (χ1v) is 4.09. The second-order valence-electron chi connectivity index (χ2n) is 3.26. The molecule has 0 aromatic carbocycles. The molecule has 0 amide bonds. The Morgan fingerprint density at radius 3 is 2.00 bits per heavy atom. The highest BCUT2D eigenvalue weighted by atomic mass is 16.5. The van der Waals surface area contributed by atoms with Gasteiger partial charge in [-0.05, 0) is 12.8 Å². The lowest BCUT2D eigenvalue weighted by Crippen LogP contribution is -2.24. The molecule has 0 fully saturated rings. The predicted molar refractivity (Wildman–Crippen MR) is 45.6 cm³/mol. The summed E-state index contributed by atoms with van der Waals surface area (Å²) in [6.45, 7) is 6.96. The largest absolute Gasteiger partial charge is 0.465 e. The van der Waals surface area contributed by atoms with Gasteiger partial charge in [-0.1, -0.05) is 13.8 Å². The highest BCUT2D eigenvalue weighted by Gasteiger charge is 2.19. The van der Waals surface area contributed by atoms with Crippen LogP contribution in [0.1, 0.15) is 27.7 Å². The Hall–Kier alpha value is -0.860. The Morgan fingerprint density at radius 2 is 1.75 bits per heavy atom. The minimum atomic E-state index is -0.332. The van der Waals surface area contributed by atoms with Crippen molar-refractivity contribution < 1.29 is 14.3 Å². The van der Waals surface area contributed by atoms with E-state index in [2.05, 4.69) is 0 Å². The van der Waals surface area contributed by atoms with Crippen LogP contribution in [0.15, 0.2) is 0 Å². The van der Waals surface area contributed by atoms with Crippen LogP contribution in [0.5, 0.6) is 0 Å². The number of Topliss-reactive ketones (excluding diaryl/α,β-unsaturated/α-hetero) is 1. The fourth-order valence-corrected chi connectivity index (χ4v) is 0.986. The fraction of sp³-hybridized carbons (Fsp3) is 0.778. The van der Waals surface area contributed by atoms with Crippen LogP contribution in [0.4, 0.5) is 0 Å². The molecular weight excluding hydrogens is 156 g/mol. The van der Waals surface area contributed by atoms with Crippen molar-refractivity contribution in [2.45, 2.75) is 27.7 Å². The minimum Gasteiger partial charge on any atom is -0.465 e. The zero-order valence-corrected chi connectivity index (χ0v) is 8.09. The Labute approximate surface area is 73.1 Å². The summed E-state index contributed by atoms with van der Waals surface area (Å²) in [5.74, 6) is -0.191. The van der Waals surface area contributed by atoms with Crippen LogP contribution in [-0.2, 0) is 14.3 Å². The molecule has 0 saturated carbocycles. The van der Waals surface area contributed by atoms with Gasteiger partial charge in [0.05, 0.1) is 5.92 Å². The summed E-state index contributed by atoms with van der Waals surface area (Å²) in [5.41, 5.74) is 0. The molecule has 0 aliphatic carbocycles. The van der Waals surface area contributed by atoms with Crippen molar-refractivity contribution in [3.8, 4) is 0 Å². The van der Waals surface area contributed by atoms with E-state index in [9.17, 15) is 9.59 Å². The molecule has 1 atom stereocenters. The van der Waals surface area contributed by atoms with Gasteiger partial charge in [-0.3, -0.25) is 9.59 Å². The van der Waals surface area contributed by atoms with E-state index < -0.39 is 0 Å². The summed E-state index contributed by atoms with van der Waals surface area (Å²) in [5, 5.41) is 0. The number of ketones is 1. The van der Waals surface area contributed by atoms with E-state index in [1.807, 2.05) is 13.8 Å². The summed E-state index contributed by atoms with van der Waals surface area (Å²) < 4.78 is 4.77. The van der Waals surface area contributed by atoms with Crippen molar-refractivity contribution in [1.29, 1.82) is 0 Å². The van der Waals surface area contributed by atoms with Gasteiger partial charge in [0, 0.05) is 6.92 Å². The van der Waals surface area contributed by atoms with Crippen molar-refractivity contribution in [3.63, 3.8) is 0 Å². The quantitative estimate of drug-likeness (QED) is 0.602. The second kappa shape index (κ2) is 4.91. The van der Waals surface area contributed by atoms with Crippen LogP contribution in [0.2, 0.25) is 0 Å². The Bertz CT molecular complexity index is 173. The van der Waals surface area contributed by atoms with Crippen molar-refractivity contribution in [2.24, 2.45) is 11.8 Å². The summed E-state index contributed by atoms with van der Waals surface area (Å²) in [6.07, 6.45) is 0. The van der Waals surface area contributed by atoms with Gasteiger partial charge in [-0.2, -0.15) is 0 Å². The van der Waals surface area contributed by atoms with Gasteiger partial charge >= 0.3 is 5.97 Å². The van der Waals surface area contributed by atoms with Gasteiger partial charge in [0.15, 0.2) is 0 Å². The minimum absolute atomic E-state index is 0.0752. The molecule has 0 heterocycles. The van der Waals surface area contributed by atoms with E-state index >= 15 is 0 Å². The van der Waals surface area contributed by atoms with Gasteiger partial charge in [-0.25, -0.2) is 0 Å². The van der Waals surface area contributed by atoms with E-state index in [1.54, 1.807) is 0 Å². The van der Waals surface area contributed by atoms with E-state index in [0.717, 1.165) is 0 Å². The summed E-state index contributed by atoms with van der Waals surface area (Å²) in [7, 11) is 0. The first-order valence-electron chi connectivity index (χ1n) is 4.09. The SMILES string of the molecule is CC(=O)OCC(C(C)=O)C(C)C. The van der Waals surface area contributed by atoms with Crippen LogP contribution in [0.25, 0.3) is 0 Å². The molecule has 0 aliphatic heterocycles. The topological polar surface area (TPSA) is 43.4 Å². The fourth-order valence-electron chi connectivity index (χ4n) is 0.986. The molecule has 0 aliphatic rings. The third kappa shape index (κ3) is 4.11. The number of hydrogen-bond acceptors (Lipinski definition) is 3. The molecule has 0 spiro atoms. The third-order valence-electron chi connectivity index (χ3n) is 1.79. The normalized spacial score (nSPS) is 12.8. The molecule has 3 nitrogen and oxygen atoms in total. The van der Waals surface area contributed by atoms with Crippen molar-refractivity contribution in [3.05, 3.63) is 0 Å². The molecule has 1 unspecified atom stereocenters. The van der Waals surface area contributed by atoms with Gasteiger partial charge in [0.2, 0.25) is 0 Å². The van der Waals surface area contributed by atoms with Crippen molar-refractivity contribution >= 4 is 11.8 Å². The Kier molecular flexibility index (Phi) is 4.55. The van der Waals surface area contributed by atoms with E-state index in [4.69, 9.17) is 4.74 Å². The standard InChI is InChI=1S/C9H16O3/c1-6(2)9(7(3)10)5-12-8(4)11/h6,9H,5H2,1-4H3. The Balaban J connectivity index is 3.97. The molecule has 0 radical (unpaired) electrons. The average molecular weight is 172 g/mol. The number of hydrogen-bond donors (Lipinski definition) is 0. The van der Waals surface area contributed by atoms with Crippen molar-refractivity contribution in [2.75, 3.05) is 6.61 Å². The number of ether oxygens (including phenoxy) is 1. The molecule has 0 aromatic rings. The molecule has 0 aromatic heterocycles. The smallest absolute Gasteiger partial charge is 0.302 e. The maximum atomic E-state index is 11.0. The number of esters is 1. The number of carbonyl (C=O) groups excluding carboxylic acids is 2. The van der Waals surface area contributed by atoms with Crippen molar-refractivity contribution in [1.82, 2.24) is 0 Å². The van der Waals surface area contributed by atoms with Crippen LogP contribution in [0, 0.1) is 11.8 Å².